The summed E-state index contributed by atoms with van der Waals surface area (Å²) >= 11 is 0. The van der Waals surface area contributed by atoms with Crippen LogP contribution in [-0.4, -0.2) is 47.0 Å². The number of hydrogen-bond acceptors (Lipinski definition) is 5. The lowest BCUT2D eigenvalue weighted by Gasteiger charge is -2.28. The number of hydrogen-bond donors (Lipinski definition) is 2. The fourth-order valence-corrected chi connectivity index (χ4v) is 4.87. The lowest BCUT2D eigenvalue weighted by atomic mass is 10.00. The van der Waals surface area contributed by atoms with Crippen molar-refractivity contribution >= 4 is 25.2 Å². The Morgan fingerprint density at radius 3 is 2.35 bits per heavy atom. The SMILES string of the molecule is O=S(=O)=C1C=CC=C(S(=O)(=O)NC2CCNCC2)C1C(F)(F)F. The largest absolute Gasteiger partial charge is 0.401 e. The Morgan fingerprint density at radius 1 is 1.22 bits per heavy atom. The highest BCUT2D eigenvalue weighted by molar-refractivity contribution is 7.93. The Morgan fingerprint density at radius 2 is 1.83 bits per heavy atom. The molecule has 1 atom stereocenters. The summed E-state index contributed by atoms with van der Waals surface area (Å²) in [5, 5.41) is 3.01. The van der Waals surface area contributed by atoms with Crippen LogP contribution in [0.4, 0.5) is 13.2 Å². The van der Waals surface area contributed by atoms with Crippen LogP contribution in [0.25, 0.3) is 0 Å². The lowest BCUT2D eigenvalue weighted by Crippen LogP contribution is -2.46. The highest BCUT2D eigenvalue weighted by atomic mass is 32.2. The maximum atomic E-state index is 13.2. The third-order valence-electron chi connectivity index (χ3n) is 3.58. The van der Waals surface area contributed by atoms with Crippen molar-refractivity contribution in [2.75, 3.05) is 13.1 Å². The van der Waals surface area contributed by atoms with Crippen LogP contribution in [0.15, 0.2) is 23.1 Å². The van der Waals surface area contributed by atoms with Gasteiger partial charge in [-0.3, -0.25) is 0 Å². The molecule has 1 unspecified atom stereocenters. The van der Waals surface area contributed by atoms with Gasteiger partial charge in [0.2, 0.25) is 20.3 Å². The van der Waals surface area contributed by atoms with Crippen molar-refractivity contribution in [3.05, 3.63) is 23.1 Å². The van der Waals surface area contributed by atoms with E-state index in [9.17, 15) is 30.0 Å². The number of rotatable bonds is 3. The van der Waals surface area contributed by atoms with Crippen molar-refractivity contribution in [2.24, 2.45) is 5.92 Å². The number of piperidine rings is 1. The summed E-state index contributed by atoms with van der Waals surface area (Å²) in [6, 6.07) is -0.483. The highest BCUT2D eigenvalue weighted by Gasteiger charge is 2.50. The van der Waals surface area contributed by atoms with E-state index in [2.05, 4.69) is 10.0 Å². The van der Waals surface area contributed by atoms with Gasteiger partial charge < -0.3 is 5.32 Å². The van der Waals surface area contributed by atoms with Gasteiger partial charge in [0, 0.05) is 6.04 Å². The molecule has 23 heavy (non-hydrogen) atoms. The first-order chi connectivity index (χ1) is 10.6. The van der Waals surface area contributed by atoms with E-state index < -0.39 is 48.2 Å². The smallest absolute Gasteiger partial charge is 0.317 e. The van der Waals surface area contributed by atoms with Gasteiger partial charge in [0.15, 0.2) is 0 Å². The zero-order chi connectivity index (χ0) is 17.3. The highest BCUT2D eigenvalue weighted by Crippen LogP contribution is 2.37. The van der Waals surface area contributed by atoms with Crippen molar-refractivity contribution in [3.63, 3.8) is 0 Å². The average Bonchev–Trinajstić information content (AvgIpc) is 2.46. The second-order valence-corrected chi connectivity index (χ2v) is 7.84. The topological polar surface area (TPSA) is 92.3 Å². The lowest BCUT2D eigenvalue weighted by molar-refractivity contribution is -0.144. The van der Waals surface area contributed by atoms with Gasteiger partial charge in [0.05, 0.1) is 9.77 Å². The summed E-state index contributed by atoms with van der Waals surface area (Å²) in [5.74, 6) is -2.69. The molecular weight excluding hydrogens is 357 g/mol. The molecule has 130 valence electrons. The van der Waals surface area contributed by atoms with Crippen LogP contribution in [0.5, 0.6) is 0 Å². The summed E-state index contributed by atoms with van der Waals surface area (Å²) in [6.45, 7) is 1.10. The summed E-state index contributed by atoms with van der Waals surface area (Å²) in [6.07, 6.45) is -1.60. The van der Waals surface area contributed by atoms with Crippen LogP contribution >= 0.6 is 0 Å². The monoisotopic (exact) mass is 372 g/mol. The molecule has 0 radical (unpaired) electrons. The minimum atomic E-state index is -5.03. The number of sulfonamides is 1. The Hall–Kier alpha value is -1.17. The molecule has 2 aliphatic rings. The van der Waals surface area contributed by atoms with Gasteiger partial charge in [0.25, 0.3) is 0 Å². The average molecular weight is 372 g/mol. The Kier molecular flexibility index (Phi) is 5.33. The molecular formula is C12H15F3N2O4S2. The predicted octanol–water partition coefficient (Wildman–Crippen LogP) is 0.341. The van der Waals surface area contributed by atoms with E-state index in [4.69, 9.17) is 0 Å². The van der Waals surface area contributed by atoms with E-state index in [0.717, 1.165) is 18.2 Å². The van der Waals surface area contributed by atoms with Crippen LogP contribution in [0.2, 0.25) is 0 Å². The number of halogens is 3. The van der Waals surface area contributed by atoms with Gasteiger partial charge >= 0.3 is 6.18 Å². The molecule has 11 heteroatoms. The first-order valence-electron chi connectivity index (χ1n) is 6.77. The summed E-state index contributed by atoms with van der Waals surface area (Å²) in [7, 11) is -7.64. The van der Waals surface area contributed by atoms with Gasteiger partial charge in [-0.1, -0.05) is 6.08 Å². The zero-order valence-corrected chi connectivity index (χ0v) is 13.4. The summed E-state index contributed by atoms with van der Waals surface area (Å²) in [4.78, 5) is -2.00. The van der Waals surface area contributed by atoms with Crippen molar-refractivity contribution in [1.82, 2.24) is 10.0 Å². The molecule has 0 aromatic heterocycles. The van der Waals surface area contributed by atoms with E-state index in [1.54, 1.807) is 0 Å². The number of nitrogens with one attached hydrogen (secondary N) is 2. The molecule has 2 rings (SSSR count). The molecule has 0 spiro atoms. The third-order valence-corrected chi connectivity index (χ3v) is 5.97. The van der Waals surface area contributed by atoms with Crippen LogP contribution in [0, 0.1) is 5.92 Å². The first kappa shape index (κ1) is 18.2. The van der Waals surface area contributed by atoms with Crippen molar-refractivity contribution in [3.8, 4) is 0 Å². The van der Waals surface area contributed by atoms with E-state index in [1.165, 1.54) is 0 Å². The number of allylic oxidation sites excluding steroid dienone is 4. The van der Waals surface area contributed by atoms with Crippen LogP contribution in [-0.2, 0) is 20.3 Å². The standard InChI is InChI=1S/C12H15F3N2O4S2/c13-12(14,15)11-9(22(18)19)2-1-3-10(11)23(20,21)17-8-4-6-16-7-5-8/h1-3,8,11,16-17H,4-7H2. The van der Waals surface area contributed by atoms with Gasteiger partial charge in [-0.2, -0.15) is 21.6 Å². The molecule has 2 N–H and O–H groups in total. The van der Waals surface area contributed by atoms with Crippen LogP contribution in [0.1, 0.15) is 12.8 Å². The predicted molar refractivity (Wildman–Crippen MR) is 78.6 cm³/mol. The fourth-order valence-electron chi connectivity index (χ4n) is 2.52. The Labute approximate surface area is 133 Å². The maximum absolute atomic E-state index is 13.2. The first-order valence-corrected chi connectivity index (χ1v) is 9.33. The molecule has 0 bridgehead atoms. The normalized spacial score (nSPS) is 23.7. The molecule has 0 aromatic carbocycles. The maximum Gasteiger partial charge on any atom is 0.401 e. The fraction of sp³-hybridized carbons (Fsp3) is 0.583. The molecule has 1 aliphatic carbocycles. The van der Waals surface area contributed by atoms with E-state index >= 15 is 0 Å². The van der Waals surface area contributed by atoms with Crippen LogP contribution in [0.3, 0.4) is 0 Å². The quantitative estimate of drug-likeness (QED) is 0.697. The molecule has 0 amide bonds. The molecule has 1 fully saturated rings. The van der Waals surface area contributed by atoms with Gasteiger partial charge in [-0.15, -0.1) is 0 Å². The molecule has 0 aromatic rings. The Balaban J connectivity index is 2.40. The van der Waals surface area contributed by atoms with E-state index in [1.807, 2.05) is 0 Å². The molecule has 1 aliphatic heterocycles. The van der Waals surface area contributed by atoms with Crippen molar-refractivity contribution in [2.45, 2.75) is 25.1 Å². The minimum absolute atomic E-state index is 0.448. The van der Waals surface area contributed by atoms with Gasteiger partial charge in [-0.25, -0.2) is 13.1 Å². The number of alkyl halides is 3. The second kappa shape index (κ2) is 6.75. The van der Waals surface area contributed by atoms with Crippen molar-refractivity contribution < 1.29 is 30.0 Å². The van der Waals surface area contributed by atoms with Gasteiger partial charge in [0.1, 0.15) is 5.92 Å². The molecule has 0 saturated carbocycles. The van der Waals surface area contributed by atoms with E-state index in [-0.39, 0.29) is 0 Å². The summed E-state index contributed by atoms with van der Waals surface area (Å²) < 4.78 is 88.7. The third kappa shape index (κ3) is 4.22. The molecule has 1 saturated heterocycles. The second-order valence-electron chi connectivity index (χ2n) is 5.19. The van der Waals surface area contributed by atoms with Crippen molar-refractivity contribution in [1.29, 1.82) is 0 Å². The molecule has 1 heterocycles. The minimum Gasteiger partial charge on any atom is -0.317 e. The van der Waals surface area contributed by atoms with Gasteiger partial charge in [-0.05, 0) is 38.1 Å². The Bertz CT molecular complexity index is 753. The molecule has 6 nitrogen and oxygen atoms in total. The zero-order valence-electron chi connectivity index (χ0n) is 11.8. The van der Waals surface area contributed by atoms with E-state index in [0.29, 0.717) is 25.9 Å². The summed E-state index contributed by atoms with van der Waals surface area (Å²) in [5.41, 5.74) is 0. The van der Waals surface area contributed by atoms with Crippen LogP contribution < -0.4 is 10.0 Å².